The summed E-state index contributed by atoms with van der Waals surface area (Å²) in [5, 5.41) is 3.11. The second-order valence-corrected chi connectivity index (χ2v) is 7.23. The van der Waals surface area contributed by atoms with Crippen molar-refractivity contribution in [2.24, 2.45) is 5.41 Å². The molecule has 2 fully saturated rings. The molecular weight excluding hydrogens is 264 g/mol. The van der Waals surface area contributed by atoms with Crippen molar-refractivity contribution in [2.75, 3.05) is 33.8 Å². The quantitative estimate of drug-likeness (QED) is 0.765. The summed E-state index contributed by atoms with van der Waals surface area (Å²) < 4.78 is 4.90. The highest BCUT2D eigenvalue weighted by molar-refractivity contribution is 5.80. The van der Waals surface area contributed by atoms with Crippen LogP contribution in [0.2, 0.25) is 0 Å². The lowest BCUT2D eigenvalue weighted by atomic mass is 9.77. The summed E-state index contributed by atoms with van der Waals surface area (Å²) in [6.07, 6.45) is 10.4. The van der Waals surface area contributed by atoms with Gasteiger partial charge in [0, 0.05) is 0 Å². The second kappa shape index (κ2) is 7.10. The van der Waals surface area contributed by atoms with E-state index in [1.807, 2.05) is 14.0 Å². The van der Waals surface area contributed by atoms with Crippen LogP contribution in [0.1, 0.15) is 58.3 Å². The molecule has 4 nitrogen and oxygen atoms in total. The molecule has 2 rings (SSSR count). The molecular formula is C17H32N2O2. The van der Waals surface area contributed by atoms with Gasteiger partial charge in [0.1, 0.15) is 5.54 Å². The van der Waals surface area contributed by atoms with Crippen molar-refractivity contribution in [3.05, 3.63) is 0 Å². The van der Waals surface area contributed by atoms with Crippen LogP contribution in [0.5, 0.6) is 0 Å². The molecule has 1 aliphatic heterocycles. The standard InChI is InChI=1S/C17H32N2O2/c1-16(18-2,15(20)21-3)7-6-12-19-13-10-17(11-14-19)8-4-5-9-17/h18H,4-14H2,1-3H3. The Labute approximate surface area is 129 Å². The average molecular weight is 296 g/mol. The fraction of sp³-hybridized carbons (Fsp3) is 0.941. The number of likely N-dealkylation sites (tertiary alicyclic amines) is 1. The van der Waals surface area contributed by atoms with Crippen LogP contribution in [-0.2, 0) is 9.53 Å². The van der Waals surface area contributed by atoms with Gasteiger partial charge in [-0.15, -0.1) is 0 Å². The van der Waals surface area contributed by atoms with Gasteiger partial charge in [0.15, 0.2) is 0 Å². The van der Waals surface area contributed by atoms with Gasteiger partial charge < -0.3 is 15.0 Å². The molecule has 0 amide bonds. The number of methoxy groups -OCH3 is 1. The van der Waals surface area contributed by atoms with Gasteiger partial charge in [-0.25, -0.2) is 0 Å². The lowest BCUT2D eigenvalue weighted by Gasteiger charge is -2.39. The minimum absolute atomic E-state index is 0.159. The second-order valence-electron chi connectivity index (χ2n) is 7.23. The van der Waals surface area contributed by atoms with E-state index in [0.29, 0.717) is 5.41 Å². The molecule has 0 aromatic heterocycles. The largest absolute Gasteiger partial charge is 0.468 e. The number of ether oxygens (including phenoxy) is 1. The van der Waals surface area contributed by atoms with Gasteiger partial charge in [-0.3, -0.25) is 4.79 Å². The maximum Gasteiger partial charge on any atom is 0.325 e. The first kappa shape index (κ1) is 16.8. The Morgan fingerprint density at radius 3 is 2.38 bits per heavy atom. The maximum atomic E-state index is 11.8. The summed E-state index contributed by atoms with van der Waals surface area (Å²) in [5.41, 5.74) is 0.152. The number of carbonyl (C=O) groups excluding carboxylic acids is 1. The number of rotatable bonds is 6. The molecule has 0 radical (unpaired) electrons. The van der Waals surface area contributed by atoms with E-state index in [9.17, 15) is 4.79 Å². The van der Waals surface area contributed by atoms with Crippen LogP contribution in [0.4, 0.5) is 0 Å². The van der Waals surface area contributed by atoms with Crippen molar-refractivity contribution < 1.29 is 9.53 Å². The fourth-order valence-electron chi connectivity index (χ4n) is 4.09. The molecule has 2 aliphatic rings. The van der Waals surface area contributed by atoms with Crippen molar-refractivity contribution in [1.29, 1.82) is 0 Å². The van der Waals surface area contributed by atoms with Gasteiger partial charge in [0.05, 0.1) is 7.11 Å². The average Bonchev–Trinajstić information content (AvgIpc) is 2.96. The zero-order valence-electron chi connectivity index (χ0n) is 14.0. The van der Waals surface area contributed by atoms with E-state index in [4.69, 9.17) is 4.74 Å². The van der Waals surface area contributed by atoms with E-state index in [1.54, 1.807) is 0 Å². The number of piperidine rings is 1. The summed E-state index contributed by atoms with van der Waals surface area (Å²) in [6.45, 7) is 5.52. The highest BCUT2D eigenvalue weighted by atomic mass is 16.5. The molecule has 0 bridgehead atoms. The predicted octanol–water partition coefficient (Wildman–Crippen LogP) is 2.57. The van der Waals surface area contributed by atoms with Crippen molar-refractivity contribution in [3.8, 4) is 0 Å². The highest BCUT2D eigenvalue weighted by Gasteiger charge is 2.37. The third-order valence-corrected chi connectivity index (χ3v) is 5.92. The fourth-order valence-corrected chi connectivity index (χ4v) is 4.09. The first-order valence-corrected chi connectivity index (χ1v) is 8.53. The van der Waals surface area contributed by atoms with Gasteiger partial charge >= 0.3 is 5.97 Å². The minimum Gasteiger partial charge on any atom is -0.468 e. The smallest absolute Gasteiger partial charge is 0.325 e. The SMILES string of the molecule is CNC(C)(CCCN1CCC2(CCCC2)CC1)C(=O)OC. The summed E-state index contributed by atoms with van der Waals surface area (Å²) in [5.74, 6) is -0.159. The van der Waals surface area contributed by atoms with Crippen molar-refractivity contribution in [2.45, 2.75) is 63.8 Å². The van der Waals surface area contributed by atoms with E-state index in [-0.39, 0.29) is 5.97 Å². The lowest BCUT2D eigenvalue weighted by molar-refractivity contribution is -0.148. The molecule has 1 unspecified atom stereocenters. The Morgan fingerprint density at radius 1 is 1.24 bits per heavy atom. The van der Waals surface area contributed by atoms with Crippen LogP contribution in [0.15, 0.2) is 0 Å². The predicted molar refractivity (Wildman–Crippen MR) is 85.3 cm³/mol. The summed E-state index contributed by atoms with van der Waals surface area (Å²) in [7, 11) is 3.30. The van der Waals surface area contributed by atoms with Crippen LogP contribution >= 0.6 is 0 Å². The van der Waals surface area contributed by atoms with Crippen molar-refractivity contribution in [3.63, 3.8) is 0 Å². The highest BCUT2D eigenvalue weighted by Crippen LogP contribution is 2.46. The van der Waals surface area contributed by atoms with E-state index in [2.05, 4.69) is 10.2 Å². The Hall–Kier alpha value is -0.610. The Morgan fingerprint density at radius 2 is 1.86 bits per heavy atom. The van der Waals surface area contributed by atoms with Crippen molar-refractivity contribution >= 4 is 5.97 Å². The van der Waals surface area contributed by atoms with Crippen LogP contribution in [0, 0.1) is 5.41 Å². The van der Waals surface area contributed by atoms with Gasteiger partial charge in [0.25, 0.3) is 0 Å². The topological polar surface area (TPSA) is 41.6 Å². The molecule has 1 aliphatic carbocycles. The number of carbonyl (C=O) groups is 1. The van der Waals surface area contributed by atoms with Crippen molar-refractivity contribution in [1.82, 2.24) is 10.2 Å². The van der Waals surface area contributed by atoms with Gasteiger partial charge in [-0.05, 0) is 77.5 Å². The molecule has 4 heteroatoms. The monoisotopic (exact) mass is 296 g/mol. The third-order valence-electron chi connectivity index (χ3n) is 5.92. The van der Waals surface area contributed by atoms with Crippen LogP contribution in [0.25, 0.3) is 0 Å². The molecule has 122 valence electrons. The van der Waals surface area contributed by atoms with Crippen LogP contribution in [-0.4, -0.2) is 50.2 Å². The molecule has 0 aromatic carbocycles. The molecule has 1 N–H and O–H groups in total. The van der Waals surface area contributed by atoms with Gasteiger partial charge in [-0.1, -0.05) is 12.8 Å². The molecule has 1 atom stereocenters. The van der Waals surface area contributed by atoms with E-state index >= 15 is 0 Å². The summed E-state index contributed by atoms with van der Waals surface area (Å²) in [4.78, 5) is 14.4. The Bertz CT molecular complexity index is 343. The minimum atomic E-state index is -0.544. The first-order chi connectivity index (χ1) is 10.0. The number of nitrogens with zero attached hydrogens (tertiary/aromatic N) is 1. The number of likely N-dealkylation sites (N-methyl/N-ethyl adjacent to an activating group) is 1. The number of hydrogen-bond donors (Lipinski definition) is 1. The van der Waals surface area contributed by atoms with Crippen LogP contribution < -0.4 is 5.32 Å². The number of nitrogens with one attached hydrogen (secondary N) is 1. The zero-order chi connectivity index (χ0) is 15.3. The zero-order valence-corrected chi connectivity index (χ0v) is 14.0. The third kappa shape index (κ3) is 3.98. The van der Waals surface area contributed by atoms with Gasteiger partial charge in [-0.2, -0.15) is 0 Å². The molecule has 1 saturated carbocycles. The number of hydrogen-bond acceptors (Lipinski definition) is 4. The maximum absolute atomic E-state index is 11.8. The van der Waals surface area contributed by atoms with E-state index in [1.165, 1.54) is 58.7 Å². The molecule has 1 spiro atoms. The normalized spacial score (nSPS) is 24.9. The Balaban J connectivity index is 1.71. The Kier molecular flexibility index (Phi) is 5.67. The van der Waals surface area contributed by atoms with Gasteiger partial charge in [0.2, 0.25) is 0 Å². The van der Waals surface area contributed by atoms with Crippen LogP contribution in [0.3, 0.4) is 0 Å². The lowest BCUT2D eigenvalue weighted by Crippen LogP contribution is -2.49. The molecule has 21 heavy (non-hydrogen) atoms. The summed E-state index contributed by atoms with van der Waals surface area (Å²) >= 11 is 0. The molecule has 0 aromatic rings. The number of esters is 1. The summed E-state index contributed by atoms with van der Waals surface area (Å²) in [6, 6.07) is 0. The molecule has 1 heterocycles. The van der Waals surface area contributed by atoms with E-state index in [0.717, 1.165) is 19.4 Å². The van der Waals surface area contributed by atoms with E-state index < -0.39 is 5.54 Å². The first-order valence-electron chi connectivity index (χ1n) is 8.53. The molecule has 1 saturated heterocycles.